The summed E-state index contributed by atoms with van der Waals surface area (Å²) in [5, 5.41) is 3.62. The lowest BCUT2D eigenvalue weighted by Gasteiger charge is -2.28. The first-order chi connectivity index (χ1) is 13.3. The third-order valence-corrected chi connectivity index (χ3v) is 5.20. The molecule has 0 radical (unpaired) electrons. The molecule has 0 bridgehead atoms. The Hall–Kier alpha value is -2.24. The standard InChI is InChI=1S/C22H30N2O3/c1-25-19-10-6-8-17(14-19)20(24-12-4-5-13-24)16-23-15-18-9-7-11-21(26-2)22(18)27-3/h6-11,14,20,23H,4-5,12-13,15-16H2,1-3H3. The van der Waals surface area contributed by atoms with E-state index in [1.807, 2.05) is 18.2 Å². The van der Waals surface area contributed by atoms with E-state index in [2.05, 4.69) is 34.5 Å². The van der Waals surface area contributed by atoms with Crippen molar-refractivity contribution in [2.75, 3.05) is 41.0 Å². The molecule has 1 fully saturated rings. The molecule has 27 heavy (non-hydrogen) atoms. The van der Waals surface area contributed by atoms with Gasteiger partial charge in [0.05, 0.1) is 21.3 Å². The molecule has 1 heterocycles. The third-order valence-electron chi connectivity index (χ3n) is 5.20. The van der Waals surface area contributed by atoms with Gasteiger partial charge in [-0.1, -0.05) is 24.3 Å². The molecule has 5 nitrogen and oxygen atoms in total. The van der Waals surface area contributed by atoms with Gasteiger partial charge in [0.2, 0.25) is 0 Å². The molecular weight excluding hydrogens is 340 g/mol. The van der Waals surface area contributed by atoms with E-state index in [-0.39, 0.29) is 0 Å². The zero-order chi connectivity index (χ0) is 19.1. The van der Waals surface area contributed by atoms with Gasteiger partial charge in [0, 0.05) is 24.7 Å². The van der Waals surface area contributed by atoms with Crippen LogP contribution >= 0.6 is 0 Å². The second-order valence-electron chi connectivity index (χ2n) is 6.82. The largest absolute Gasteiger partial charge is 0.497 e. The first kappa shape index (κ1) is 19.5. The van der Waals surface area contributed by atoms with Crippen molar-refractivity contribution in [3.8, 4) is 17.2 Å². The first-order valence-corrected chi connectivity index (χ1v) is 9.55. The van der Waals surface area contributed by atoms with Crippen LogP contribution in [0.5, 0.6) is 17.2 Å². The molecule has 3 rings (SSSR count). The summed E-state index contributed by atoms with van der Waals surface area (Å²) in [6.45, 7) is 3.89. The van der Waals surface area contributed by atoms with Crippen molar-refractivity contribution in [3.63, 3.8) is 0 Å². The van der Waals surface area contributed by atoms with Crippen LogP contribution in [0.15, 0.2) is 42.5 Å². The maximum absolute atomic E-state index is 5.55. The highest BCUT2D eigenvalue weighted by Gasteiger charge is 2.23. The van der Waals surface area contributed by atoms with E-state index in [4.69, 9.17) is 14.2 Å². The predicted octanol–water partition coefficient (Wildman–Crippen LogP) is 3.64. The molecule has 1 saturated heterocycles. The fraction of sp³-hybridized carbons (Fsp3) is 0.455. The molecule has 1 N–H and O–H groups in total. The van der Waals surface area contributed by atoms with Gasteiger partial charge in [-0.3, -0.25) is 4.90 Å². The predicted molar refractivity (Wildman–Crippen MR) is 108 cm³/mol. The molecule has 1 unspecified atom stereocenters. The molecule has 1 aliphatic heterocycles. The molecule has 0 spiro atoms. The van der Waals surface area contributed by atoms with Gasteiger partial charge in [-0.05, 0) is 49.7 Å². The van der Waals surface area contributed by atoms with Crippen LogP contribution in [0, 0.1) is 0 Å². The molecule has 0 aromatic heterocycles. The summed E-state index contributed by atoms with van der Waals surface area (Å²) >= 11 is 0. The number of nitrogens with one attached hydrogen (secondary N) is 1. The Balaban J connectivity index is 1.72. The second kappa shape index (κ2) is 9.62. The molecule has 0 aliphatic carbocycles. The summed E-state index contributed by atoms with van der Waals surface area (Å²) in [4.78, 5) is 2.56. The topological polar surface area (TPSA) is 43.0 Å². The Bertz CT molecular complexity index is 729. The van der Waals surface area contributed by atoms with Crippen LogP contribution in [0.2, 0.25) is 0 Å². The molecule has 0 saturated carbocycles. The lowest BCUT2D eigenvalue weighted by Crippen LogP contribution is -2.34. The number of ether oxygens (including phenoxy) is 3. The Morgan fingerprint density at radius 2 is 1.74 bits per heavy atom. The average Bonchev–Trinajstić information content (AvgIpc) is 3.25. The number of para-hydroxylation sites is 1. The maximum Gasteiger partial charge on any atom is 0.165 e. The van der Waals surface area contributed by atoms with Gasteiger partial charge < -0.3 is 19.5 Å². The number of likely N-dealkylation sites (tertiary alicyclic amines) is 1. The first-order valence-electron chi connectivity index (χ1n) is 9.55. The normalized spacial score (nSPS) is 15.5. The Morgan fingerprint density at radius 1 is 0.963 bits per heavy atom. The smallest absolute Gasteiger partial charge is 0.165 e. The highest BCUT2D eigenvalue weighted by atomic mass is 16.5. The van der Waals surface area contributed by atoms with E-state index in [0.29, 0.717) is 6.04 Å². The number of rotatable bonds is 9. The number of hydrogen-bond acceptors (Lipinski definition) is 5. The van der Waals surface area contributed by atoms with Gasteiger partial charge in [0.1, 0.15) is 5.75 Å². The van der Waals surface area contributed by atoms with E-state index in [1.54, 1.807) is 21.3 Å². The van der Waals surface area contributed by atoms with E-state index < -0.39 is 0 Å². The minimum Gasteiger partial charge on any atom is -0.497 e. The number of hydrogen-bond donors (Lipinski definition) is 1. The van der Waals surface area contributed by atoms with Crippen molar-refractivity contribution in [3.05, 3.63) is 53.6 Å². The lowest BCUT2D eigenvalue weighted by molar-refractivity contribution is 0.237. The van der Waals surface area contributed by atoms with Crippen LogP contribution in [0.25, 0.3) is 0 Å². The summed E-state index contributed by atoms with van der Waals surface area (Å²) in [5.41, 5.74) is 2.39. The van der Waals surface area contributed by atoms with Gasteiger partial charge in [0.25, 0.3) is 0 Å². The zero-order valence-electron chi connectivity index (χ0n) is 16.5. The lowest BCUT2D eigenvalue weighted by atomic mass is 10.0. The summed E-state index contributed by atoms with van der Waals surface area (Å²) in [7, 11) is 5.07. The van der Waals surface area contributed by atoms with Crippen LogP contribution in [0.1, 0.15) is 30.0 Å². The molecule has 5 heteroatoms. The minimum absolute atomic E-state index is 0.333. The summed E-state index contributed by atoms with van der Waals surface area (Å²) in [6, 6.07) is 14.7. The quantitative estimate of drug-likeness (QED) is 0.730. The molecule has 0 amide bonds. The second-order valence-corrected chi connectivity index (χ2v) is 6.82. The highest BCUT2D eigenvalue weighted by Crippen LogP contribution is 2.31. The van der Waals surface area contributed by atoms with E-state index in [0.717, 1.165) is 49.0 Å². The SMILES string of the molecule is COc1cccc(C(CNCc2cccc(OC)c2OC)N2CCCC2)c1. The monoisotopic (exact) mass is 370 g/mol. The number of nitrogens with zero attached hydrogens (tertiary/aromatic N) is 1. The maximum atomic E-state index is 5.55. The van der Waals surface area contributed by atoms with Gasteiger partial charge >= 0.3 is 0 Å². The van der Waals surface area contributed by atoms with Crippen molar-refractivity contribution in [1.82, 2.24) is 10.2 Å². The van der Waals surface area contributed by atoms with E-state index in [9.17, 15) is 0 Å². The van der Waals surface area contributed by atoms with Gasteiger partial charge in [-0.25, -0.2) is 0 Å². The van der Waals surface area contributed by atoms with Gasteiger partial charge in [-0.15, -0.1) is 0 Å². The summed E-state index contributed by atoms with van der Waals surface area (Å²) < 4.78 is 16.4. The fourth-order valence-corrected chi connectivity index (χ4v) is 3.80. The van der Waals surface area contributed by atoms with Crippen molar-refractivity contribution >= 4 is 0 Å². The van der Waals surface area contributed by atoms with Crippen molar-refractivity contribution in [1.29, 1.82) is 0 Å². The van der Waals surface area contributed by atoms with Crippen LogP contribution < -0.4 is 19.5 Å². The van der Waals surface area contributed by atoms with Crippen molar-refractivity contribution < 1.29 is 14.2 Å². The fourth-order valence-electron chi connectivity index (χ4n) is 3.80. The zero-order valence-corrected chi connectivity index (χ0v) is 16.5. The average molecular weight is 370 g/mol. The molecule has 1 aliphatic rings. The Kier molecular flexibility index (Phi) is 6.96. The summed E-state index contributed by atoms with van der Waals surface area (Å²) in [6.07, 6.45) is 2.54. The molecule has 2 aromatic rings. The van der Waals surface area contributed by atoms with Crippen LogP contribution in [0.3, 0.4) is 0 Å². The Morgan fingerprint density at radius 3 is 2.44 bits per heavy atom. The molecular formula is C22H30N2O3. The number of methoxy groups -OCH3 is 3. The molecule has 146 valence electrons. The minimum atomic E-state index is 0.333. The molecule has 2 aromatic carbocycles. The Labute approximate surface area is 162 Å². The van der Waals surface area contributed by atoms with E-state index >= 15 is 0 Å². The van der Waals surface area contributed by atoms with Crippen LogP contribution in [0.4, 0.5) is 0 Å². The van der Waals surface area contributed by atoms with Crippen molar-refractivity contribution in [2.24, 2.45) is 0 Å². The van der Waals surface area contributed by atoms with Crippen LogP contribution in [-0.4, -0.2) is 45.9 Å². The third kappa shape index (κ3) is 4.73. The highest BCUT2D eigenvalue weighted by molar-refractivity contribution is 5.46. The van der Waals surface area contributed by atoms with E-state index in [1.165, 1.54) is 18.4 Å². The van der Waals surface area contributed by atoms with Crippen LogP contribution in [-0.2, 0) is 6.54 Å². The van der Waals surface area contributed by atoms with Gasteiger partial charge in [0.15, 0.2) is 11.5 Å². The van der Waals surface area contributed by atoms with Crippen molar-refractivity contribution in [2.45, 2.75) is 25.4 Å². The molecule has 1 atom stereocenters. The van der Waals surface area contributed by atoms with Gasteiger partial charge in [-0.2, -0.15) is 0 Å². The number of benzene rings is 2. The summed E-state index contributed by atoms with van der Waals surface area (Å²) in [5.74, 6) is 2.47.